The predicted octanol–water partition coefficient (Wildman–Crippen LogP) is 1.95. The van der Waals surface area contributed by atoms with Crippen LogP contribution >= 0.6 is 0 Å². The average Bonchev–Trinajstić information content (AvgIpc) is 2.89. The number of aryl methyl sites for hydroxylation is 2. The second kappa shape index (κ2) is 6.53. The van der Waals surface area contributed by atoms with E-state index in [0.29, 0.717) is 17.7 Å². The van der Waals surface area contributed by atoms with Gasteiger partial charge in [0.1, 0.15) is 0 Å². The average molecular weight is 268 g/mol. The van der Waals surface area contributed by atoms with Crippen LogP contribution in [0.3, 0.4) is 0 Å². The summed E-state index contributed by atoms with van der Waals surface area (Å²) in [6.45, 7) is 2.58. The van der Waals surface area contributed by atoms with Gasteiger partial charge in [-0.3, -0.25) is 9.89 Å². The normalized spacial score (nSPS) is 10.0. The number of carbonyl (C=O) groups excluding carboxylic acids is 1. The van der Waals surface area contributed by atoms with E-state index in [2.05, 4.69) is 15.5 Å². The molecule has 0 fully saturated rings. The first-order chi connectivity index (χ1) is 9.70. The predicted molar refractivity (Wildman–Crippen MR) is 75.1 cm³/mol. The first kappa shape index (κ1) is 13.8. The Bertz CT molecular complexity index is 639. The van der Waals surface area contributed by atoms with Crippen molar-refractivity contribution in [3.8, 4) is 6.07 Å². The second-order valence-corrected chi connectivity index (χ2v) is 4.57. The molecule has 5 nitrogen and oxygen atoms in total. The molecule has 0 unspecified atom stereocenters. The third-order valence-electron chi connectivity index (χ3n) is 3.10. The molecule has 0 saturated carbocycles. The van der Waals surface area contributed by atoms with Gasteiger partial charge in [0.15, 0.2) is 0 Å². The molecule has 0 aliphatic heterocycles. The molecule has 1 amide bonds. The minimum absolute atomic E-state index is 0.147. The zero-order chi connectivity index (χ0) is 14.4. The molecule has 0 aliphatic carbocycles. The van der Waals surface area contributed by atoms with Crippen LogP contribution < -0.4 is 5.32 Å². The lowest BCUT2D eigenvalue weighted by atomic mass is 10.1. The Kier molecular flexibility index (Phi) is 4.51. The molecule has 0 spiro atoms. The molecule has 0 bridgehead atoms. The standard InChI is InChI=1S/C15H16N4O/c1-11-14(10-18-19-11)6-3-7-17-15(20)13-5-2-4-12(8-13)9-16/h2,4-5,8,10H,3,6-7H2,1H3,(H,17,20)(H,18,19). The number of aromatic amines is 1. The van der Waals surface area contributed by atoms with Crippen LogP contribution in [0.15, 0.2) is 30.5 Å². The van der Waals surface area contributed by atoms with Crippen LogP contribution in [-0.4, -0.2) is 22.6 Å². The van der Waals surface area contributed by atoms with E-state index in [1.165, 1.54) is 5.56 Å². The molecule has 1 heterocycles. The lowest BCUT2D eigenvalue weighted by Crippen LogP contribution is -2.24. The number of carbonyl (C=O) groups is 1. The van der Waals surface area contributed by atoms with E-state index in [0.717, 1.165) is 18.5 Å². The Labute approximate surface area is 117 Å². The zero-order valence-electron chi connectivity index (χ0n) is 11.3. The van der Waals surface area contributed by atoms with Gasteiger partial charge in [0.2, 0.25) is 0 Å². The molecule has 0 radical (unpaired) electrons. The highest BCUT2D eigenvalue weighted by Gasteiger charge is 2.06. The van der Waals surface area contributed by atoms with Crippen molar-refractivity contribution in [2.24, 2.45) is 0 Å². The van der Waals surface area contributed by atoms with Gasteiger partial charge in [0, 0.05) is 17.8 Å². The summed E-state index contributed by atoms with van der Waals surface area (Å²) >= 11 is 0. The van der Waals surface area contributed by atoms with Crippen LogP contribution in [0.1, 0.15) is 33.6 Å². The number of hydrogen-bond acceptors (Lipinski definition) is 3. The van der Waals surface area contributed by atoms with Gasteiger partial charge < -0.3 is 5.32 Å². The van der Waals surface area contributed by atoms with Crippen LogP contribution in [0.5, 0.6) is 0 Å². The highest BCUT2D eigenvalue weighted by atomic mass is 16.1. The summed E-state index contributed by atoms with van der Waals surface area (Å²) in [5, 5.41) is 18.5. The van der Waals surface area contributed by atoms with Crippen molar-refractivity contribution in [1.82, 2.24) is 15.5 Å². The van der Waals surface area contributed by atoms with Crippen molar-refractivity contribution in [1.29, 1.82) is 5.26 Å². The Morgan fingerprint density at radius 2 is 2.35 bits per heavy atom. The van der Waals surface area contributed by atoms with Gasteiger partial charge in [-0.05, 0) is 43.5 Å². The van der Waals surface area contributed by atoms with Crippen molar-refractivity contribution in [3.05, 3.63) is 52.8 Å². The summed E-state index contributed by atoms with van der Waals surface area (Å²) in [6, 6.07) is 8.71. The van der Waals surface area contributed by atoms with Gasteiger partial charge >= 0.3 is 0 Å². The van der Waals surface area contributed by atoms with E-state index in [9.17, 15) is 4.79 Å². The van der Waals surface area contributed by atoms with Crippen LogP contribution in [0.25, 0.3) is 0 Å². The summed E-state index contributed by atoms with van der Waals surface area (Å²) in [6.07, 6.45) is 3.54. The highest BCUT2D eigenvalue weighted by molar-refractivity contribution is 5.94. The molecule has 2 rings (SSSR count). The van der Waals surface area contributed by atoms with Crippen molar-refractivity contribution in [2.75, 3.05) is 6.54 Å². The maximum atomic E-state index is 11.9. The fraction of sp³-hybridized carbons (Fsp3) is 0.267. The van der Waals surface area contributed by atoms with Crippen LogP contribution in [0.2, 0.25) is 0 Å². The summed E-state index contributed by atoms with van der Waals surface area (Å²) in [4.78, 5) is 11.9. The summed E-state index contributed by atoms with van der Waals surface area (Å²) in [5.74, 6) is -0.147. The van der Waals surface area contributed by atoms with Crippen molar-refractivity contribution < 1.29 is 4.79 Å². The van der Waals surface area contributed by atoms with Gasteiger partial charge in [-0.15, -0.1) is 0 Å². The van der Waals surface area contributed by atoms with Gasteiger partial charge in [-0.25, -0.2) is 0 Å². The molecule has 1 aromatic carbocycles. The number of nitrogens with one attached hydrogen (secondary N) is 2. The topological polar surface area (TPSA) is 81.6 Å². The Hall–Kier alpha value is -2.61. The molecule has 20 heavy (non-hydrogen) atoms. The quantitative estimate of drug-likeness (QED) is 0.813. The molecule has 102 valence electrons. The van der Waals surface area contributed by atoms with E-state index >= 15 is 0 Å². The summed E-state index contributed by atoms with van der Waals surface area (Å²) < 4.78 is 0. The largest absolute Gasteiger partial charge is 0.352 e. The Morgan fingerprint density at radius 1 is 1.50 bits per heavy atom. The fourth-order valence-corrected chi connectivity index (χ4v) is 1.94. The molecule has 2 N–H and O–H groups in total. The van der Waals surface area contributed by atoms with Gasteiger partial charge in [-0.2, -0.15) is 10.4 Å². The minimum atomic E-state index is -0.147. The molecule has 0 aliphatic rings. The molecular formula is C15H16N4O. The molecule has 1 aromatic heterocycles. The third kappa shape index (κ3) is 3.45. The van der Waals surface area contributed by atoms with Crippen LogP contribution in [0, 0.1) is 18.3 Å². The van der Waals surface area contributed by atoms with E-state index in [1.807, 2.05) is 19.2 Å². The highest BCUT2D eigenvalue weighted by Crippen LogP contribution is 2.06. The van der Waals surface area contributed by atoms with Crippen molar-refractivity contribution in [2.45, 2.75) is 19.8 Å². The van der Waals surface area contributed by atoms with Gasteiger partial charge in [0.25, 0.3) is 5.91 Å². The van der Waals surface area contributed by atoms with E-state index in [1.54, 1.807) is 24.3 Å². The minimum Gasteiger partial charge on any atom is -0.352 e. The maximum absolute atomic E-state index is 11.9. The molecule has 0 atom stereocenters. The van der Waals surface area contributed by atoms with E-state index in [4.69, 9.17) is 5.26 Å². The number of benzene rings is 1. The third-order valence-corrected chi connectivity index (χ3v) is 3.10. The number of hydrogen-bond donors (Lipinski definition) is 2. The number of nitriles is 1. The number of nitrogens with zero attached hydrogens (tertiary/aromatic N) is 2. The number of H-pyrrole nitrogens is 1. The SMILES string of the molecule is Cc1[nH]ncc1CCCNC(=O)c1cccc(C#N)c1. The lowest BCUT2D eigenvalue weighted by molar-refractivity contribution is 0.0953. The van der Waals surface area contributed by atoms with Crippen molar-refractivity contribution >= 4 is 5.91 Å². The van der Waals surface area contributed by atoms with E-state index < -0.39 is 0 Å². The Balaban J connectivity index is 1.80. The molecule has 5 heteroatoms. The zero-order valence-corrected chi connectivity index (χ0v) is 11.3. The van der Waals surface area contributed by atoms with Crippen LogP contribution in [0.4, 0.5) is 0 Å². The Morgan fingerprint density at radius 3 is 3.05 bits per heavy atom. The first-order valence-electron chi connectivity index (χ1n) is 6.48. The number of aromatic nitrogens is 2. The van der Waals surface area contributed by atoms with Crippen LogP contribution in [-0.2, 0) is 6.42 Å². The fourth-order valence-electron chi connectivity index (χ4n) is 1.94. The van der Waals surface area contributed by atoms with E-state index in [-0.39, 0.29) is 5.91 Å². The first-order valence-corrected chi connectivity index (χ1v) is 6.48. The van der Waals surface area contributed by atoms with Crippen molar-refractivity contribution in [3.63, 3.8) is 0 Å². The van der Waals surface area contributed by atoms with Gasteiger partial charge in [-0.1, -0.05) is 6.07 Å². The molecular weight excluding hydrogens is 252 g/mol. The number of rotatable bonds is 5. The molecule has 0 saturated heterocycles. The van der Waals surface area contributed by atoms with Gasteiger partial charge in [0.05, 0.1) is 17.8 Å². The lowest BCUT2D eigenvalue weighted by Gasteiger charge is -2.05. The smallest absolute Gasteiger partial charge is 0.251 e. The summed E-state index contributed by atoms with van der Waals surface area (Å²) in [7, 11) is 0. The monoisotopic (exact) mass is 268 g/mol. The molecule has 2 aromatic rings. The summed E-state index contributed by atoms with van der Waals surface area (Å²) in [5.41, 5.74) is 3.25. The second-order valence-electron chi connectivity index (χ2n) is 4.57. The number of amides is 1. The maximum Gasteiger partial charge on any atom is 0.251 e.